The van der Waals surface area contributed by atoms with Gasteiger partial charge < -0.3 is 11.1 Å². The Morgan fingerprint density at radius 2 is 2.25 bits per heavy atom. The number of rotatable bonds is 4. The number of hydrogen-bond donors (Lipinski definition) is 2. The van der Waals surface area contributed by atoms with Crippen LogP contribution < -0.4 is 11.1 Å². The average molecular weight is 224 g/mol. The van der Waals surface area contributed by atoms with Crippen LogP contribution in [0.2, 0.25) is 0 Å². The lowest BCUT2D eigenvalue weighted by Crippen LogP contribution is -2.45. The molecular weight excluding hydrogens is 212 g/mol. The maximum Gasteiger partial charge on any atom is 0.274 e. The number of carbonyl (C=O) groups is 1. The largest absolute Gasteiger partial charge is 0.368 e. The Balaban J connectivity index is 2.94. The van der Waals surface area contributed by atoms with E-state index in [0.29, 0.717) is 0 Å². The van der Waals surface area contributed by atoms with Gasteiger partial charge in [0.15, 0.2) is 0 Å². The van der Waals surface area contributed by atoms with Gasteiger partial charge in [0.1, 0.15) is 11.4 Å². The van der Waals surface area contributed by atoms with Crippen LogP contribution in [0.25, 0.3) is 0 Å². The van der Waals surface area contributed by atoms with E-state index in [9.17, 15) is 14.9 Å². The predicted octanol–water partition coefficient (Wildman–Crippen LogP) is 0.666. The van der Waals surface area contributed by atoms with Crippen LogP contribution in [0.15, 0.2) is 18.3 Å². The van der Waals surface area contributed by atoms with Crippen molar-refractivity contribution >= 4 is 17.4 Å². The number of carbonyl (C=O) groups excluding carboxylic acids is 1. The molecule has 0 saturated heterocycles. The zero-order chi connectivity index (χ0) is 12.3. The Morgan fingerprint density at radius 3 is 2.75 bits per heavy atom. The van der Waals surface area contributed by atoms with Crippen molar-refractivity contribution in [1.82, 2.24) is 4.98 Å². The van der Waals surface area contributed by atoms with E-state index in [0.717, 1.165) is 0 Å². The van der Waals surface area contributed by atoms with Crippen LogP contribution in [0.1, 0.15) is 13.8 Å². The molecule has 0 atom stereocenters. The van der Waals surface area contributed by atoms with Crippen LogP contribution in [0.3, 0.4) is 0 Å². The molecule has 86 valence electrons. The number of aromatic nitrogens is 1. The molecular formula is C9H12N4O3. The number of anilines is 1. The highest BCUT2D eigenvalue weighted by Gasteiger charge is 2.25. The van der Waals surface area contributed by atoms with Gasteiger partial charge >= 0.3 is 0 Å². The Hall–Kier alpha value is -2.18. The third-order valence-corrected chi connectivity index (χ3v) is 2.01. The first kappa shape index (κ1) is 11.9. The molecule has 0 fully saturated rings. The average Bonchev–Trinajstić information content (AvgIpc) is 2.17. The van der Waals surface area contributed by atoms with Crippen molar-refractivity contribution in [2.75, 3.05) is 5.32 Å². The van der Waals surface area contributed by atoms with Crippen LogP contribution >= 0.6 is 0 Å². The summed E-state index contributed by atoms with van der Waals surface area (Å²) in [6, 6.07) is 2.51. The second-order valence-corrected chi connectivity index (χ2v) is 3.77. The van der Waals surface area contributed by atoms with Crippen LogP contribution in [0.4, 0.5) is 11.5 Å². The van der Waals surface area contributed by atoms with Gasteiger partial charge in [-0.3, -0.25) is 14.9 Å². The minimum Gasteiger partial charge on any atom is -0.368 e. The van der Waals surface area contributed by atoms with Crippen molar-refractivity contribution in [3.8, 4) is 0 Å². The number of amides is 1. The maximum absolute atomic E-state index is 11.0. The van der Waals surface area contributed by atoms with Gasteiger partial charge in [0.25, 0.3) is 5.69 Å². The summed E-state index contributed by atoms with van der Waals surface area (Å²) in [6.45, 7) is 3.13. The van der Waals surface area contributed by atoms with Gasteiger partial charge in [-0.2, -0.15) is 0 Å². The quantitative estimate of drug-likeness (QED) is 0.576. The number of nitrogens with one attached hydrogen (secondary N) is 1. The van der Waals surface area contributed by atoms with Gasteiger partial charge in [-0.15, -0.1) is 0 Å². The molecule has 0 radical (unpaired) electrons. The third kappa shape index (κ3) is 2.66. The van der Waals surface area contributed by atoms with Crippen molar-refractivity contribution in [1.29, 1.82) is 0 Å². The smallest absolute Gasteiger partial charge is 0.274 e. The fourth-order valence-corrected chi connectivity index (χ4v) is 0.983. The van der Waals surface area contributed by atoms with Gasteiger partial charge in [0, 0.05) is 12.3 Å². The van der Waals surface area contributed by atoms with Crippen LogP contribution in [-0.4, -0.2) is 21.4 Å². The third-order valence-electron chi connectivity index (χ3n) is 2.01. The molecule has 3 N–H and O–H groups in total. The minimum atomic E-state index is -1.01. The number of nitro groups is 1. The number of hydrogen-bond acceptors (Lipinski definition) is 5. The Bertz CT molecular complexity index is 431. The molecule has 16 heavy (non-hydrogen) atoms. The second-order valence-electron chi connectivity index (χ2n) is 3.77. The summed E-state index contributed by atoms with van der Waals surface area (Å²) < 4.78 is 0. The zero-order valence-corrected chi connectivity index (χ0v) is 8.93. The van der Waals surface area contributed by atoms with Gasteiger partial charge in [0.05, 0.1) is 11.0 Å². The van der Waals surface area contributed by atoms with Gasteiger partial charge in [0.2, 0.25) is 5.91 Å². The maximum atomic E-state index is 11.0. The van der Waals surface area contributed by atoms with E-state index in [2.05, 4.69) is 10.3 Å². The lowest BCUT2D eigenvalue weighted by atomic mass is 10.1. The molecule has 0 aliphatic rings. The number of nitrogens with two attached hydrogens (primary N) is 1. The molecule has 0 saturated carbocycles. The summed E-state index contributed by atoms with van der Waals surface area (Å²) in [5, 5.41) is 13.2. The molecule has 0 spiro atoms. The molecule has 1 amide bonds. The molecule has 0 aromatic carbocycles. The standard InChI is InChI=1S/C9H12N4O3/c1-9(2,8(10)14)12-7-5-6(13(15)16)3-4-11-7/h3-5H,1-2H3,(H2,10,14)(H,11,12). The van der Waals surface area contributed by atoms with E-state index >= 15 is 0 Å². The van der Waals surface area contributed by atoms with E-state index in [-0.39, 0.29) is 11.5 Å². The summed E-state index contributed by atoms with van der Waals surface area (Å²) in [6.07, 6.45) is 1.29. The molecule has 1 rings (SSSR count). The van der Waals surface area contributed by atoms with E-state index in [4.69, 9.17) is 5.73 Å². The van der Waals surface area contributed by atoms with Gasteiger partial charge in [-0.05, 0) is 13.8 Å². The van der Waals surface area contributed by atoms with Gasteiger partial charge in [-0.1, -0.05) is 0 Å². The summed E-state index contributed by atoms with van der Waals surface area (Å²) in [5.41, 5.74) is 4.04. The topological polar surface area (TPSA) is 111 Å². The van der Waals surface area contributed by atoms with Crippen molar-refractivity contribution in [3.63, 3.8) is 0 Å². The highest BCUT2D eigenvalue weighted by atomic mass is 16.6. The molecule has 7 heteroatoms. The van der Waals surface area contributed by atoms with Crippen LogP contribution in [-0.2, 0) is 4.79 Å². The van der Waals surface area contributed by atoms with Crippen molar-refractivity contribution in [3.05, 3.63) is 28.4 Å². The van der Waals surface area contributed by atoms with Crippen molar-refractivity contribution in [2.45, 2.75) is 19.4 Å². The second kappa shape index (κ2) is 4.13. The van der Waals surface area contributed by atoms with Crippen LogP contribution in [0, 0.1) is 10.1 Å². The first-order valence-corrected chi connectivity index (χ1v) is 4.51. The highest BCUT2D eigenvalue weighted by molar-refractivity contribution is 5.86. The molecule has 0 aliphatic carbocycles. The Labute approximate surface area is 91.8 Å². The zero-order valence-electron chi connectivity index (χ0n) is 8.93. The van der Waals surface area contributed by atoms with Crippen molar-refractivity contribution < 1.29 is 9.72 Å². The minimum absolute atomic E-state index is 0.0993. The first-order valence-electron chi connectivity index (χ1n) is 4.51. The lowest BCUT2D eigenvalue weighted by Gasteiger charge is -2.22. The fraction of sp³-hybridized carbons (Fsp3) is 0.333. The number of pyridine rings is 1. The molecule has 1 heterocycles. The van der Waals surface area contributed by atoms with E-state index in [1.807, 2.05) is 0 Å². The summed E-state index contributed by atoms with van der Waals surface area (Å²) >= 11 is 0. The van der Waals surface area contributed by atoms with E-state index < -0.39 is 16.4 Å². The number of primary amides is 1. The SMILES string of the molecule is CC(C)(Nc1cc([N+](=O)[O-])ccn1)C(N)=O. The first-order chi connectivity index (χ1) is 7.33. The molecule has 1 aromatic heterocycles. The van der Waals surface area contributed by atoms with E-state index in [1.54, 1.807) is 13.8 Å². The monoisotopic (exact) mass is 224 g/mol. The Kier molecular flexibility index (Phi) is 3.07. The molecule has 0 aliphatic heterocycles. The van der Waals surface area contributed by atoms with Crippen molar-refractivity contribution in [2.24, 2.45) is 5.73 Å². The predicted molar refractivity (Wildman–Crippen MR) is 57.8 cm³/mol. The van der Waals surface area contributed by atoms with E-state index in [1.165, 1.54) is 18.3 Å². The molecule has 0 unspecified atom stereocenters. The summed E-state index contributed by atoms with van der Waals surface area (Å²) in [5.74, 6) is -0.334. The number of nitrogens with zero attached hydrogens (tertiary/aromatic N) is 2. The van der Waals surface area contributed by atoms with Crippen LogP contribution in [0.5, 0.6) is 0 Å². The molecule has 7 nitrogen and oxygen atoms in total. The molecule has 1 aromatic rings. The fourth-order valence-electron chi connectivity index (χ4n) is 0.983. The highest BCUT2D eigenvalue weighted by Crippen LogP contribution is 2.17. The summed E-state index contributed by atoms with van der Waals surface area (Å²) in [7, 11) is 0. The molecule has 0 bridgehead atoms. The Morgan fingerprint density at radius 1 is 1.62 bits per heavy atom. The normalized spacial score (nSPS) is 10.9. The van der Waals surface area contributed by atoms with Gasteiger partial charge in [-0.25, -0.2) is 4.98 Å². The summed E-state index contributed by atoms with van der Waals surface area (Å²) in [4.78, 5) is 24.9. The lowest BCUT2D eigenvalue weighted by molar-refractivity contribution is -0.384.